The number of ether oxygens (including phenoxy) is 1. The minimum atomic E-state index is -0.326. The van der Waals surface area contributed by atoms with Crippen LogP contribution in [0.1, 0.15) is 31.2 Å². The van der Waals surface area contributed by atoms with Crippen LogP contribution in [0.15, 0.2) is 22.7 Å². The van der Waals surface area contributed by atoms with Crippen LogP contribution >= 0.6 is 0 Å². The van der Waals surface area contributed by atoms with E-state index in [0.717, 1.165) is 31.4 Å². The number of halogens is 1. The zero-order valence-corrected chi connectivity index (χ0v) is 12.3. The molecule has 0 atom stereocenters. The minimum Gasteiger partial charge on any atom is -0.378 e. The van der Waals surface area contributed by atoms with E-state index in [1.54, 1.807) is 12.1 Å². The van der Waals surface area contributed by atoms with Crippen LogP contribution in [0.4, 0.5) is 4.39 Å². The summed E-state index contributed by atoms with van der Waals surface area (Å²) >= 11 is 0. The Morgan fingerprint density at radius 1 is 1.38 bits per heavy atom. The van der Waals surface area contributed by atoms with Crippen molar-refractivity contribution in [2.75, 3.05) is 6.61 Å². The number of nitrogens with zero attached hydrogens (tertiary/aromatic N) is 2. The van der Waals surface area contributed by atoms with Crippen LogP contribution in [0.2, 0.25) is 0 Å². The van der Waals surface area contributed by atoms with Crippen molar-refractivity contribution in [2.24, 2.45) is 5.92 Å². The van der Waals surface area contributed by atoms with E-state index in [1.165, 1.54) is 6.07 Å². The zero-order valence-electron chi connectivity index (χ0n) is 12.3. The average molecular weight is 290 g/mol. The summed E-state index contributed by atoms with van der Waals surface area (Å²) < 4.78 is 24.6. The van der Waals surface area contributed by atoms with Crippen LogP contribution in [0.3, 0.4) is 0 Å². The number of aryl methyl sites for hydroxylation is 1. The van der Waals surface area contributed by atoms with Gasteiger partial charge in [0.25, 0.3) is 0 Å². The van der Waals surface area contributed by atoms with Gasteiger partial charge in [0.2, 0.25) is 11.7 Å². The number of hydrogen-bond acceptors (Lipinski definition) is 4. The molecule has 0 aliphatic heterocycles. The van der Waals surface area contributed by atoms with Gasteiger partial charge in [-0.2, -0.15) is 4.98 Å². The maximum absolute atomic E-state index is 13.8. The summed E-state index contributed by atoms with van der Waals surface area (Å²) in [6.45, 7) is 4.68. The van der Waals surface area contributed by atoms with Gasteiger partial charge in [0, 0.05) is 13.0 Å². The fraction of sp³-hybridized carbons (Fsp3) is 0.500. The first-order valence-corrected chi connectivity index (χ1v) is 7.36. The van der Waals surface area contributed by atoms with Gasteiger partial charge < -0.3 is 9.26 Å². The van der Waals surface area contributed by atoms with Crippen molar-refractivity contribution in [2.45, 2.75) is 39.2 Å². The van der Waals surface area contributed by atoms with E-state index >= 15 is 0 Å². The Morgan fingerprint density at radius 2 is 2.19 bits per heavy atom. The molecule has 4 nitrogen and oxygen atoms in total. The van der Waals surface area contributed by atoms with Crippen molar-refractivity contribution in [3.8, 4) is 11.4 Å². The topological polar surface area (TPSA) is 48.2 Å². The van der Waals surface area contributed by atoms with E-state index in [4.69, 9.17) is 9.26 Å². The van der Waals surface area contributed by atoms with Crippen LogP contribution in [0, 0.1) is 18.7 Å². The van der Waals surface area contributed by atoms with Crippen molar-refractivity contribution in [1.29, 1.82) is 0 Å². The quantitative estimate of drug-likeness (QED) is 0.845. The van der Waals surface area contributed by atoms with Gasteiger partial charge in [-0.05, 0) is 44.7 Å². The molecule has 1 fully saturated rings. The molecule has 21 heavy (non-hydrogen) atoms. The molecule has 0 bridgehead atoms. The molecule has 5 heteroatoms. The highest BCUT2D eigenvalue weighted by Gasteiger charge is 2.31. The third-order valence-electron chi connectivity index (χ3n) is 3.89. The summed E-state index contributed by atoms with van der Waals surface area (Å²) in [5.41, 5.74) is 1.36. The second kappa shape index (κ2) is 5.93. The van der Waals surface area contributed by atoms with E-state index in [2.05, 4.69) is 10.1 Å². The lowest BCUT2D eigenvalue weighted by Crippen LogP contribution is -2.32. The molecule has 0 radical (unpaired) electrons. The predicted octanol–water partition coefficient (Wildman–Crippen LogP) is 3.54. The fourth-order valence-electron chi connectivity index (χ4n) is 2.72. The lowest BCUT2D eigenvalue weighted by molar-refractivity contribution is -0.0258. The maximum Gasteiger partial charge on any atom is 0.227 e. The summed E-state index contributed by atoms with van der Waals surface area (Å²) in [6.07, 6.45) is 3.18. The molecule has 1 aromatic heterocycles. The molecule has 0 unspecified atom stereocenters. The Hall–Kier alpha value is -1.75. The van der Waals surface area contributed by atoms with Crippen molar-refractivity contribution < 1.29 is 13.7 Å². The first-order valence-electron chi connectivity index (χ1n) is 7.36. The van der Waals surface area contributed by atoms with Gasteiger partial charge in [-0.1, -0.05) is 16.8 Å². The first-order chi connectivity index (χ1) is 10.2. The molecule has 1 aliphatic carbocycles. The van der Waals surface area contributed by atoms with Crippen LogP contribution in [-0.2, 0) is 11.2 Å². The molecule has 2 aromatic rings. The highest BCUT2D eigenvalue weighted by atomic mass is 19.1. The number of benzene rings is 1. The third-order valence-corrected chi connectivity index (χ3v) is 3.89. The lowest BCUT2D eigenvalue weighted by Gasteiger charge is -2.33. The van der Waals surface area contributed by atoms with E-state index in [9.17, 15) is 4.39 Å². The first kappa shape index (κ1) is 14.2. The fourth-order valence-corrected chi connectivity index (χ4v) is 2.72. The Kier molecular flexibility index (Phi) is 4.01. The summed E-state index contributed by atoms with van der Waals surface area (Å²) in [5, 5.41) is 3.90. The van der Waals surface area contributed by atoms with Gasteiger partial charge in [0.1, 0.15) is 5.82 Å². The molecule has 112 valence electrons. The van der Waals surface area contributed by atoms with Gasteiger partial charge in [0.05, 0.1) is 11.7 Å². The SMILES string of the molecule is CCOC1CC(Cc2nc(-c3cc(C)ccc3F)no2)C1. The largest absolute Gasteiger partial charge is 0.378 e. The molecule has 0 saturated heterocycles. The van der Waals surface area contributed by atoms with Gasteiger partial charge in [-0.15, -0.1) is 0 Å². The van der Waals surface area contributed by atoms with Crippen molar-refractivity contribution in [1.82, 2.24) is 10.1 Å². The summed E-state index contributed by atoms with van der Waals surface area (Å²) in [4.78, 5) is 4.32. The Labute approximate surface area is 123 Å². The van der Waals surface area contributed by atoms with E-state index in [1.807, 2.05) is 13.8 Å². The molecular formula is C16H19FN2O2. The van der Waals surface area contributed by atoms with Crippen LogP contribution in [-0.4, -0.2) is 22.9 Å². The number of rotatable bonds is 5. The summed E-state index contributed by atoms with van der Waals surface area (Å²) in [7, 11) is 0. The summed E-state index contributed by atoms with van der Waals surface area (Å²) in [5.74, 6) is 1.10. The summed E-state index contributed by atoms with van der Waals surface area (Å²) in [6, 6.07) is 4.89. The lowest BCUT2D eigenvalue weighted by atomic mass is 9.80. The van der Waals surface area contributed by atoms with Gasteiger partial charge in [0.15, 0.2) is 0 Å². The smallest absolute Gasteiger partial charge is 0.227 e. The number of hydrogen-bond donors (Lipinski definition) is 0. The van der Waals surface area contributed by atoms with Crippen LogP contribution in [0.5, 0.6) is 0 Å². The molecule has 0 N–H and O–H groups in total. The van der Waals surface area contributed by atoms with Gasteiger partial charge in [-0.25, -0.2) is 4.39 Å². The molecule has 0 spiro atoms. The van der Waals surface area contributed by atoms with Crippen LogP contribution in [0.25, 0.3) is 11.4 Å². The molecule has 1 heterocycles. The Bertz CT molecular complexity index is 620. The van der Waals surface area contributed by atoms with Crippen molar-refractivity contribution in [3.63, 3.8) is 0 Å². The van der Waals surface area contributed by atoms with E-state index in [-0.39, 0.29) is 5.82 Å². The predicted molar refractivity (Wildman–Crippen MR) is 76.3 cm³/mol. The second-order valence-corrected chi connectivity index (χ2v) is 5.61. The monoisotopic (exact) mass is 290 g/mol. The molecule has 1 aliphatic rings. The van der Waals surface area contributed by atoms with E-state index in [0.29, 0.717) is 29.3 Å². The average Bonchev–Trinajstić information content (AvgIpc) is 2.88. The number of aromatic nitrogens is 2. The normalized spacial score (nSPS) is 21.3. The Balaban J connectivity index is 1.66. The highest BCUT2D eigenvalue weighted by molar-refractivity contribution is 5.56. The standard InChI is InChI=1S/C16H19FN2O2/c1-3-20-12-7-11(8-12)9-15-18-16(19-21-15)13-6-10(2)4-5-14(13)17/h4-6,11-12H,3,7-9H2,1-2H3. The van der Waals surface area contributed by atoms with Crippen molar-refractivity contribution in [3.05, 3.63) is 35.5 Å². The molecule has 3 rings (SSSR count). The second-order valence-electron chi connectivity index (χ2n) is 5.61. The maximum atomic E-state index is 13.8. The molecule has 0 amide bonds. The molecule has 1 aromatic carbocycles. The minimum absolute atomic E-state index is 0.326. The van der Waals surface area contributed by atoms with Crippen LogP contribution < -0.4 is 0 Å². The molecule has 1 saturated carbocycles. The van der Waals surface area contributed by atoms with E-state index < -0.39 is 0 Å². The highest BCUT2D eigenvalue weighted by Crippen LogP contribution is 2.33. The Morgan fingerprint density at radius 3 is 2.95 bits per heavy atom. The van der Waals surface area contributed by atoms with Gasteiger partial charge in [-0.3, -0.25) is 0 Å². The van der Waals surface area contributed by atoms with Gasteiger partial charge >= 0.3 is 0 Å². The van der Waals surface area contributed by atoms with Crippen molar-refractivity contribution >= 4 is 0 Å². The third kappa shape index (κ3) is 3.13. The zero-order chi connectivity index (χ0) is 14.8. The molecular weight excluding hydrogens is 271 g/mol.